The highest BCUT2D eigenvalue weighted by Gasteiger charge is 2.28. The molecule has 1 saturated heterocycles. The highest BCUT2D eigenvalue weighted by Crippen LogP contribution is 2.24. The van der Waals surface area contributed by atoms with E-state index in [0.717, 1.165) is 23.8 Å². The standard InChI is InChI=1S/C24H28F2N2O2/c1-15-4-5-19(12-16(15)2)17(3)27-23(29)14-28-10-8-18(9-11-28)24(30)21-13-20(25)6-7-22(21)26/h4-7,12-13,17-18H,8-11,14H2,1-3H3,(H,27,29). The topological polar surface area (TPSA) is 49.4 Å². The summed E-state index contributed by atoms with van der Waals surface area (Å²) in [6, 6.07) is 9.03. The second kappa shape index (κ2) is 9.47. The van der Waals surface area contributed by atoms with Crippen molar-refractivity contribution in [1.29, 1.82) is 0 Å². The lowest BCUT2D eigenvalue weighted by molar-refractivity contribution is -0.123. The van der Waals surface area contributed by atoms with Crippen LogP contribution in [0.15, 0.2) is 36.4 Å². The van der Waals surface area contributed by atoms with Crippen molar-refractivity contribution in [2.45, 2.75) is 39.7 Å². The third-order valence-electron chi connectivity index (χ3n) is 5.93. The van der Waals surface area contributed by atoms with E-state index in [1.165, 1.54) is 11.1 Å². The van der Waals surface area contributed by atoms with E-state index in [1.807, 2.05) is 17.9 Å². The predicted octanol–water partition coefficient (Wildman–Crippen LogP) is 4.35. The summed E-state index contributed by atoms with van der Waals surface area (Å²) in [6.07, 6.45) is 1.05. The first-order valence-electron chi connectivity index (χ1n) is 10.3. The summed E-state index contributed by atoms with van der Waals surface area (Å²) in [5, 5.41) is 3.02. The Morgan fingerprint density at radius 2 is 1.77 bits per heavy atom. The molecule has 2 aromatic rings. The molecule has 0 bridgehead atoms. The van der Waals surface area contributed by atoms with Gasteiger partial charge < -0.3 is 5.32 Å². The van der Waals surface area contributed by atoms with Crippen molar-refractivity contribution in [1.82, 2.24) is 10.2 Å². The maximum atomic E-state index is 13.9. The van der Waals surface area contributed by atoms with Gasteiger partial charge in [0.25, 0.3) is 0 Å². The van der Waals surface area contributed by atoms with E-state index in [1.54, 1.807) is 0 Å². The second-order valence-electron chi connectivity index (χ2n) is 8.17. The highest BCUT2D eigenvalue weighted by atomic mass is 19.1. The largest absolute Gasteiger partial charge is 0.348 e. The van der Waals surface area contributed by atoms with E-state index < -0.39 is 11.6 Å². The van der Waals surface area contributed by atoms with Gasteiger partial charge in [-0.1, -0.05) is 18.2 Å². The molecule has 1 aliphatic heterocycles. The number of rotatable bonds is 6. The van der Waals surface area contributed by atoms with Crippen LogP contribution in [0.2, 0.25) is 0 Å². The summed E-state index contributed by atoms with van der Waals surface area (Å²) < 4.78 is 27.3. The van der Waals surface area contributed by atoms with Gasteiger partial charge in [0.05, 0.1) is 18.2 Å². The van der Waals surface area contributed by atoms with E-state index >= 15 is 0 Å². The van der Waals surface area contributed by atoms with Crippen LogP contribution in [0.5, 0.6) is 0 Å². The van der Waals surface area contributed by atoms with Crippen molar-refractivity contribution in [3.8, 4) is 0 Å². The average molecular weight is 414 g/mol. The van der Waals surface area contributed by atoms with Crippen LogP contribution in [-0.4, -0.2) is 36.2 Å². The van der Waals surface area contributed by atoms with E-state index in [0.29, 0.717) is 25.9 Å². The van der Waals surface area contributed by atoms with E-state index in [2.05, 4.69) is 31.3 Å². The van der Waals surface area contributed by atoms with Gasteiger partial charge in [0.15, 0.2) is 5.78 Å². The highest BCUT2D eigenvalue weighted by molar-refractivity contribution is 5.98. The van der Waals surface area contributed by atoms with Gasteiger partial charge in [0, 0.05) is 5.92 Å². The molecule has 1 fully saturated rings. The number of likely N-dealkylation sites (tertiary alicyclic amines) is 1. The molecule has 1 N–H and O–H groups in total. The smallest absolute Gasteiger partial charge is 0.234 e. The first kappa shape index (κ1) is 22.1. The number of piperidine rings is 1. The summed E-state index contributed by atoms with van der Waals surface area (Å²) in [4.78, 5) is 27.0. The van der Waals surface area contributed by atoms with E-state index in [-0.39, 0.29) is 35.8 Å². The number of benzene rings is 2. The van der Waals surface area contributed by atoms with Crippen molar-refractivity contribution >= 4 is 11.7 Å². The summed E-state index contributed by atoms with van der Waals surface area (Å²) >= 11 is 0. The van der Waals surface area contributed by atoms with Crippen LogP contribution < -0.4 is 5.32 Å². The fraction of sp³-hybridized carbons (Fsp3) is 0.417. The van der Waals surface area contributed by atoms with Crippen molar-refractivity contribution in [2.75, 3.05) is 19.6 Å². The molecule has 1 amide bonds. The Morgan fingerprint density at radius 1 is 1.07 bits per heavy atom. The number of ketones is 1. The number of halogens is 2. The van der Waals surface area contributed by atoms with Crippen molar-refractivity contribution in [2.24, 2.45) is 5.92 Å². The Bertz CT molecular complexity index is 937. The normalized spacial score (nSPS) is 16.3. The van der Waals surface area contributed by atoms with Crippen LogP contribution in [0.3, 0.4) is 0 Å². The number of hydrogen-bond acceptors (Lipinski definition) is 3. The van der Waals surface area contributed by atoms with Gasteiger partial charge in [-0.2, -0.15) is 0 Å². The lowest BCUT2D eigenvalue weighted by Gasteiger charge is -2.31. The molecule has 1 heterocycles. The van der Waals surface area contributed by atoms with Crippen LogP contribution in [0.1, 0.15) is 52.9 Å². The molecule has 1 aliphatic rings. The first-order valence-corrected chi connectivity index (χ1v) is 10.3. The molecule has 0 radical (unpaired) electrons. The maximum absolute atomic E-state index is 13.9. The fourth-order valence-electron chi connectivity index (χ4n) is 3.87. The van der Waals surface area contributed by atoms with Gasteiger partial charge in [-0.25, -0.2) is 8.78 Å². The maximum Gasteiger partial charge on any atom is 0.234 e. The Morgan fingerprint density at radius 3 is 2.43 bits per heavy atom. The van der Waals surface area contributed by atoms with Crippen LogP contribution in [0.4, 0.5) is 8.78 Å². The zero-order valence-corrected chi connectivity index (χ0v) is 17.7. The number of Topliss-reactive ketones (excluding diaryl/α,β-unsaturated/α-hetero) is 1. The minimum atomic E-state index is -0.691. The Balaban J connectivity index is 1.50. The summed E-state index contributed by atoms with van der Waals surface area (Å²) in [5.41, 5.74) is 3.28. The minimum absolute atomic E-state index is 0.0679. The molecule has 3 rings (SSSR count). The molecular formula is C24H28F2N2O2. The van der Waals surface area contributed by atoms with Crippen LogP contribution in [0, 0.1) is 31.4 Å². The molecule has 0 aliphatic carbocycles. The number of nitrogens with zero attached hydrogens (tertiary/aromatic N) is 1. The Hall–Kier alpha value is -2.60. The molecule has 4 nitrogen and oxygen atoms in total. The number of hydrogen-bond donors (Lipinski definition) is 1. The average Bonchev–Trinajstić information content (AvgIpc) is 2.71. The molecule has 6 heteroatoms. The van der Waals surface area contributed by atoms with Gasteiger partial charge in [-0.05, 0) is 81.6 Å². The number of aryl methyl sites for hydroxylation is 2. The fourth-order valence-corrected chi connectivity index (χ4v) is 3.87. The van der Waals surface area contributed by atoms with Gasteiger partial charge in [0.1, 0.15) is 11.6 Å². The lowest BCUT2D eigenvalue weighted by Crippen LogP contribution is -2.43. The van der Waals surface area contributed by atoms with E-state index in [4.69, 9.17) is 0 Å². The number of amides is 1. The summed E-state index contributed by atoms with van der Waals surface area (Å²) in [6.45, 7) is 7.45. The molecule has 30 heavy (non-hydrogen) atoms. The third kappa shape index (κ3) is 5.30. The van der Waals surface area contributed by atoms with Gasteiger partial charge in [0.2, 0.25) is 5.91 Å². The van der Waals surface area contributed by atoms with Crippen molar-refractivity contribution in [3.05, 3.63) is 70.3 Å². The predicted molar refractivity (Wildman–Crippen MR) is 112 cm³/mol. The minimum Gasteiger partial charge on any atom is -0.348 e. The zero-order valence-electron chi connectivity index (χ0n) is 17.7. The van der Waals surface area contributed by atoms with Gasteiger partial charge in [-0.3, -0.25) is 14.5 Å². The first-order chi connectivity index (χ1) is 14.2. The molecule has 1 atom stereocenters. The summed E-state index contributed by atoms with van der Waals surface area (Å²) in [5.74, 6) is -2.09. The van der Waals surface area contributed by atoms with Crippen molar-refractivity contribution < 1.29 is 18.4 Å². The third-order valence-corrected chi connectivity index (χ3v) is 5.93. The Labute approximate surface area is 176 Å². The SMILES string of the molecule is Cc1ccc(C(C)NC(=O)CN2CCC(C(=O)c3cc(F)ccc3F)CC2)cc1C. The van der Waals surface area contributed by atoms with Gasteiger partial charge >= 0.3 is 0 Å². The quantitative estimate of drug-likeness (QED) is 0.715. The molecule has 160 valence electrons. The second-order valence-corrected chi connectivity index (χ2v) is 8.17. The molecule has 0 aromatic heterocycles. The Kier molecular flexibility index (Phi) is 6.98. The number of nitrogens with one attached hydrogen (secondary N) is 1. The van der Waals surface area contributed by atoms with Crippen LogP contribution in [-0.2, 0) is 4.79 Å². The van der Waals surface area contributed by atoms with Gasteiger partial charge in [-0.15, -0.1) is 0 Å². The van der Waals surface area contributed by atoms with Crippen molar-refractivity contribution in [3.63, 3.8) is 0 Å². The number of carbonyl (C=O) groups excluding carboxylic acids is 2. The molecule has 0 saturated carbocycles. The monoisotopic (exact) mass is 414 g/mol. The molecule has 2 aromatic carbocycles. The zero-order chi connectivity index (χ0) is 21.8. The van der Waals surface area contributed by atoms with E-state index in [9.17, 15) is 18.4 Å². The number of carbonyl (C=O) groups is 2. The molecule has 1 unspecified atom stereocenters. The van der Waals surface area contributed by atoms with Crippen LogP contribution >= 0.6 is 0 Å². The van der Waals surface area contributed by atoms with Crippen LogP contribution in [0.25, 0.3) is 0 Å². The lowest BCUT2D eigenvalue weighted by atomic mass is 9.88. The summed E-state index contributed by atoms with van der Waals surface area (Å²) in [7, 11) is 0. The molecule has 0 spiro atoms. The molecular weight excluding hydrogens is 386 g/mol.